The minimum absolute atomic E-state index is 0.0947. The van der Waals surface area contributed by atoms with E-state index < -0.39 is 0 Å². The van der Waals surface area contributed by atoms with Crippen molar-refractivity contribution < 1.29 is 10.2 Å². The highest BCUT2D eigenvalue weighted by molar-refractivity contribution is 4.95. The lowest BCUT2D eigenvalue weighted by Gasteiger charge is -2.37. The van der Waals surface area contributed by atoms with E-state index in [9.17, 15) is 10.2 Å². The van der Waals surface area contributed by atoms with Crippen molar-refractivity contribution in [1.82, 2.24) is 4.90 Å². The Labute approximate surface area is 79.4 Å². The van der Waals surface area contributed by atoms with Gasteiger partial charge in [-0.3, -0.25) is 4.90 Å². The highest BCUT2D eigenvalue weighted by Gasteiger charge is 2.40. The molecule has 2 rings (SSSR count). The van der Waals surface area contributed by atoms with E-state index in [1.807, 2.05) is 6.92 Å². The third-order valence-corrected chi connectivity index (χ3v) is 3.33. The van der Waals surface area contributed by atoms with Gasteiger partial charge in [0.05, 0.1) is 12.2 Å². The van der Waals surface area contributed by atoms with Crippen LogP contribution >= 0.6 is 0 Å². The molecule has 76 valence electrons. The molecule has 0 amide bonds. The van der Waals surface area contributed by atoms with Crippen molar-refractivity contribution in [3.63, 3.8) is 0 Å². The van der Waals surface area contributed by atoms with Gasteiger partial charge in [0, 0.05) is 18.6 Å². The SMILES string of the molecule is CC(O)CN1[C@@H]2CC[C@H]1C[C@@H](O)C2. The molecule has 2 bridgehead atoms. The molecule has 0 aliphatic carbocycles. The number of nitrogens with zero attached hydrogens (tertiary/aromatic N) is 1. The lowest BCUT2D eigenvalue weighted by Crippen LogP contribution is -2.47. The van der Waals surface area contributed by atoms with Gasteiger partial charge in [0.1, 0.15) is 0 Å². The number of piperidine rings is 1. The molecule has 4 atom stereocenters. The first kappa shape index (κ1) is 9.44. The van der Waals surface area contributed by atoms with Gasteiger partial charge in [-0.15, -0.1) is 0 Å². The van der Waals surface area contributed by atoms with E-state index in [0.29, 0.717) is 12.1 Å². The molecular formula is C10H19NO2. The van der Waals surface area contributed by atoms with Crippen molar-refractivity contribution in [2.24, 2.45) is 0 Å². The fourth-order valence-electron chi connectivity index (χ4n) is 2.85. The maximum Gasteiger partial charge on any atom is 0.0639 e. The molecule has 3 heteroatoms. The second kappa shape index (κ2) is 3.56. The Kier molecular flexibility index (Phi) is 2.58. The van der Waals surface area contributed by atoms with Crippen LogP contribution in [0, 0.1) is 0 Å². The van der Waals surface area contributed by atoms with Crippen molar-refractivity contribution in [3.05, 3.63) is 0 Å². The fraction of sp³-hybridized carbons (Fsp3) is 1.00. The number of aliphatic hydroxyl groups is 2. The van der Waals surface area contributed by atoms with Gasteiger partial charge in [0.2, 0.25) is 0 Å². The van der Waals surface area contributed by atoms with Crippen LogP contribution in [-0.4, -0.2) is 45.9 Å². The summed E-state index contributed by atoms with van der Waals surface area (Å²) in [6.07, 6.45) is 3.89. The van der Waals surface area contributed by atoms with Crippen LogP contribution in [0.2, 0.25) is 0 Å². The van der Waals surface area contributed by atoms with Crippen LogP contribution in [0.3, 0.4) is 0 Å². The standard InChI is InChI=1S/C10H19NO2/c1-7(12)6-11-8-2-3-9(11)5-10(13)4-8/h7-10,12-13H,2-6H2,1H3/t7?,8-,9+,10+. The molecule has 13 heavy (non-hydrogen) atoms. The Hall–Kier alpha value is -0.120. The molecule has 2 N–H and O–H groups in total. The van der Waals surface area contributed by atoms with Crippen LogP contribution in [0.1, 0.15) is 32.6 Å². The summed E-state index contributed by atoms with van der Waals surface area (Å²) in [5.41, 5.74) is 0. The van der Waals surface area contributed by atoms with Crippen LogP contribution in [0.5, 0.6) is 0 Å². The highest BCUT2D eigenvalue weighted by Crippen LogP contribution is 2.35. The predicted molar refractivity (Wildman–Crippen MR) is 50.4 cm³/mol. The number of hydrogen-bond acceptors (Lipinski definition) is 3. The van der Waals surface area contributed by atoms with Gasteiger partial charge < -0.3 is 10.2 Å². The first-order valence-electron chi connectivity index (χ1n) is 5.28. The zero-order valence-corrected chi connectivity index (χ0v) is 8.19. The normalized spacial score (nSPS) is 42.2. The lowest BCUT2D eigenvalue weighted by atomic mass is 9.99. The summed E-state index contributed by atoms with van der Waals surface area (Å²) >= 11 is 0. The van der Waals surface area contributed by atoms with Crippen LogP contribution in [0.4, 0.5) is 0 Å². The van der Waals surface area contributed by atoms with E-state index >= 15 is 0 Å². The quantitative estimate of drug-likeness (QED) is 0.652. The fourth-order valence-corrected chi connectivity index (χ4v) is 2.85. The van der Waals surface area contributed by atoms with Gasteiger partial charge in [-0.25, -0.2) is 0 Å². The Morgan fingerprint density at radius 3 is 2.31 bits per heavy atom. The topological polar surface area (TPSA) is 43.7 Å². The van der Waals surface area contributed by atoms with E-state index in [1.165, 1.54) is 12.8 Å². The minimum atomic E-state index is -0.238. The molecule has 2 aliphatic heterocycles. The molecule has 2 aliphatic rings. The molecule has 0 saturated carbocycles. The maximum atomic E-state index is 9.55. The van der Waals surface area contributed by atoms with Crippen molar-refractivity contribution in [2.75, 3.05) is 6.54 Å². The zero-order valence-electron chi connectivity index (χ0n) is 8.19. The Morgan fingerprint density at radius 2 is 1.85 bits per heavy atom. The average molecular weight is 185 g/mol. The Morgan fingerprint density at radius 1 is 1.31 bits per heavy atom. The summed E-state index contributed by atoms with van der Waals surface area (Å²) in [6, 6.07) is 1.06. The second-order valence-corrected chi connectivity index (χ2v) is 4.56. The van der Waals surface area contributed by atoms with Crippen LogP contribution in [0.25, 0.3) is 0 Å². The molecule has 0 radical (unpaired) electrons. The molecule has 1 unspecified atom stereocenters. The summed E-state index contributed by atoms with van der Waals surface area (Å²) in [7, 11) is 0. The van der Waals surface area contributed by atoms with Crippen LogP contribution < -0.4 is 0 Å². The number of aliphatic hydroxyl groups excluding tert-OH is 2. The third-order valence-electron chi connectivity index (χ3n) is 3.33. The summed E-state index contributed by atoms with van der Waals surface area (Å²) < 4.78 is 0. The smallest absolute Gasteiger partial charge is 0.0639 e. The third kappa shape index (κ3) is 1.87. The van der Waals surface area contributed by atoms with Gasteiger partial charge >= 0.3 is 0 Å². The number of hydrogen-bond donors (Lipinski definition) is 2. The molecule has 2 heterocycles. The second-order valence-electron chi connectivity index (χ2n) is 4.56. The van der Waals surface area contributed by atoms with Gasteiger partial charge in [0.25, 0.3) is 0 Å². The first-order valence-corrected chi connectivity index (χ1v) is 5.28. The van der Waals surface area contributed by atoms with Crippen LogP contribution in [0.15, 0.2) is 0 Å². The van der Waals surface area contributed by atoms with Gasteiger partial charge in [-0.05, 0) is 32.6 Å². The molecule has 0 aromatic carbocycles. The van der Waals surface area contributed by atoms with E-state index in [2.05, 4.69) is 4.90 Å². The lowest BCUT2D eigenvalue weighted by molar-refractivity contribution is 0.0122. The van der Waals surface area contributed by atoms with E-state index in [4.69, 9.17) is 0 Å². The van der Waals surface area contributed by atoms with Gasteiger partial charge in [0.15, 0.2) is 0 Å². The molecule has 2 fully saturated rings. The van der Waals surface area contributed by atoms with E-state index in [1.54, 1.807) is 0 Å². The summed E-state index contributed by atoms with van der Waals surface area (Å²) in [5, 5.41) is 18.9. The molecular weight excluding hydrogens is 166 g/mol. The summed E-state index contributed by atoms with van der Waals surface area (Å²) in [6.45, 7) is 2.62. The average Bonchev–Trinajstić information content (AvgIpc) is 2.32. The Bertz CT molecular complexity index is 170. The largest absolute Gasteiger partial charge is 0.393 e. The van der Waals surface area contributed by atoms with E-state index in [-0.39, 0.29) is 12.2 Å². The van der Waals surface area contributed by atoms with Crippen molar-refractivity contribution in [1.29, 1.82) is 0 Å². The van der Waals surface area contributed by atoms with Crippen molar-refractivity contribution in [2.45, 2.75) is 56.9 Å². The van der Waals surface area contributed by atoms with Gasteiger partial charge in [-0.2, -0.15) is 0 Å². The molecule has 0 aromatic rings. The monoisotopic (exact) mass is 185 g/mol. The number of rotatable bonds is 2. The highest BCUT2D eigenvalue weighted by atomic mass is 16.3. The molecule has 2 saturated heterocycles. The van der Waals surface area contributed by atoms with Crippen LogP contribution in [-0.2, 0) is 0 Å². The summed E-state index contributed by atoms with van der Waals surface area (Å²) in [5.74, 6) is 0. The zero-order chi connectivity index (χ0) is 9.42. The molecule has 3 nitrogen and oxygen atoms in total. The maximum absolute atomic E-state index is 9.55. The first-order chi connectivity index (χ1) is 6.16. The minimum Gasteiger partial charge on any atom is -0.393 e. The molecule has 0 aromatic heterocycles. The molecule has 0 spiro atoms. The Balaban J connectivity index is 1.98. The van der Waals surface area contributed by atoms with E-state index in [0.717, 1.165) is 19.4 Å². The summed E-state index contributed by atoms with van der Waals surface area (Å²) in [4.78, 5) is 2.39. The van der Waals surface area contributed by atoms with Gasteiger partial charge in [-0.1, -0.05) is 0 Å². The number of fused-ring (bicyclic) bond motifs is 2. The van der Waals surface area contributed by atoms with Crippen molar-refractivity contribution in [3.8, 4) is 0 Å². The van der Waals surface area contributed by atoms with Crippen molar-refractivity contribution >= 4 is 0 Å². The predicted octanol–water partition coefficient (Wildman–Crippen LogP) is 0.355.